The Balaban J connectivity index is 0.00000312. The van der Waals surface area contributed by atoms with Gasteiger partial charge in [-0.15, -0.1) is 24.0 Å². The maximum Gasteiger partial charge on any atom is 0.191 e. The summed E-state index contributed by atoms with van der Waals surface area (Å²) >= 11 is 1.90. The zero-order chi connectivity index (χ0) is 17.0. The van der Waals surface area contributed by atoms with Crippen molar-refractivity contribution < 1.29 is 0 Å². The van der Waals surface area contributed by atoms with Crippen LogP contribution in [-0.2, 0) is 6.54 Å². The number of hydrogen-bond acceptors (Lipinski definition) is 4. The fraction of sp³-hybridized carbons (Fsp3) is 0.667. The van der Waals surface area contributed by atoms with Crippen molar-refractivity contribution in [2.75, 3.05) is 43.6 Å². The van der Waals surface area contributed by atoms with E-state index < -0.39 is 0 Å². The number of pyridine rings is 1. The summed E-state index contributed by atoms with van der Waals surface area (Å²) in [5.41, 5.74) is 1.25. The van der Waals surface area contributed by atoms with E-state index in [1.807, 2.05) is 25.0 Å². The van der Waals surface area contributed by atoms with Gasteiger partial charge in [0.05, 0.1) is 0 Å². The minimum Gasteiger partial charge on any atom is -0.357 e. The van der Waals surface area contributed by atoms with Crippen molar-refractivity contribution >= 4 is 47.5 Å². The first kappa shape index (κ1) is 22.3. The second-order valence-corrected chi connectivity index (χ2v) is 7.11. The quantitative estimate of drug-likeness (QED) is 0.260. The van der Waals surface area contributed by atoms with Crippen molar-refractivity contribution in [2.45, 2.75) is 38.6 Å². The maximum absolute atomic E-state index is 4.54. The summed E-state index contributed by atoms with van der Waals surface area (Å²) in [6.45, 7) is 4.00. The van der Waals surface area contributed by atoms with E-state index in [4.69, 9.17) is 0 Å². The summed E-state index contributed by atoms with van der Waals surface area (Å²) in [6, 6.07) is 4.27. The van der Waals surface area contributed by atoms with Gasteiger partial charge in [-0.2, -0.15) is 11.8 Å². The van der Waals surface area contributed by atoms with Gasteiger partial charge in [-0.25, -0.2) is 4.98 Å². The molecule has 1 aromatic rings. The van der Waals surface area contributed by atoms with Gasteiger partial charge in [-0.3, -0.25) is 4.99 Å². The molecule has 0 aromatic carbocycles. The van der Waals surface area contributed by atoms with Gasteiger partial charge in [0.1, 0.15) is 5.82 Å². The lowest BCUT2D eigenvalue weighted by molar-refractivity contribution is 0.573. The number of guanidine groups is 1. The van der Waals surface area contributed by atoms with Crippen LogP contribution in [0.25, 0.3) is 0 Å². The van der Waals surface area contributed by atoms with E-state index in [0.29, 0.717) is 0 Å². The van der Waals surface area contributed by atoms with E-state index in [-0.39, 0.29) is 24.0 Å². The largest absolute Gasteiger partial charge is 0.357 e. The summed E-state index contributed by atoms with van der Waals surface area (Å²) in [7, 11) is 1.82. The Morgan fingerprint density at radius 2 is 2.04 bits per heavy atom. The summed E-state index contributed by atoms with van der Waals surface area (Å²) < 4.78 is 0. The number of piperidine rings is 1. The number of thioether (sulfide) groups is 1. The van der Waals surface area contributed by atoms with Crippen molar-refractivity contribution in [1.82, 2.24) is 15.6 Å². The highest BCUT2D eigenvalue weighted by molar-refractivity contribution is 14.0. The number of unbranched alkanes of at least 4 members (excludes halogenated alkanes) is 1. The number of halogens is 1. The maximum atomic E-state index is 4.54. The van der Waals surface area contributed by atoms with E-state index in [1.54, 1.807) is 0 Å². The summed E-state index contributed by atoms with van der Waals surface area (Å²) in [5, 5.41) is 6.77. The van der Waals surface area contributed by atoms with Crippen LogP contribution in [0.1, 0.15) is 37.7 Å². The highest BCUT2D eigenvalue weighted by Gasteiger charge is 2.12. The van der Waals surface area contributed by atoms with Crippen molar-refractivity contribution in [1.29, 1.82) is 0 Å². The summed E-state index contributed by atoms with van der Waals surface area (Å²) in [5.74, 6) is 3.20. The molecule has 5 nitrogen and oxygen atoms in total. The van der Waals surface area contributed by atoms with Gasteiger partial charge >= 0.3 is 0 Å². The highest BCUT2D eigenvalue weighted by atomic mass is 127. The molecule has 1 aliphatic rings. The van der Waals surface area contributed by atoms with E-state index in [2.05, 4.69) is 43.9 Å². The molecule has 0 atom stereocenters. The first-order valence-electron chi connectivity index (χ1n) is 8.97. The van der Waals surface area contributed by atoms with Crippen LogP contribution < -0.4 is 15.5 Å². The van der Waals surface area contributed by atoms with Gasteiger partial charge < -0.3 is 15.5 Å². The van der Waals surface area contributed by atoms with Crippen LogP contribution in [0.15, 0.2) is 23.3 Å². The average Bonchev–Trinajstić information content (AvgIpc) is 2.65. The Hall–Kier alpha value is -0.700. The number of anilines is 1. The highest BCUT2D eigenvalue weighted by Crippen LogP contribution is 2.18. The van der Waals surface area contributed by atoms with Crippen LogP contribution in [0.4, 0.5) is 5.82 Å². The van der Waals surface area contributed by atoms with E-state index in [0.717, 1.165) is 38.0 Å². The van der Waals surface area contributed by atoms with Crippen LogP contribution in [0, 0.1) is 0 Å². The summed E-state index contributed by atoms with van der Waals surface area (Å²) in [6.07, 6.45) is 10.4. The molecule has 0 bridgehead atoms. The molecule has 7 heteroatoms. The molecule has 1 fully saturated rings. The molecule has 0 aliphatic carbocycles. The van der Waals surface area contributed by atoms with Crippen molar-refractivity contribution in [3.8, 4) is 0 Å². The lowest BCUT2D eigenvalue weighted by atomic mass is 10.1. The number of aromatic nitrogens is 1. The molecule has 2 heterocycles. The Morgan fingerprint density at radius 3 is 2.76 bits per heavy atom. The molecule has 25 heavy (non-hydrogen) atoms. The minimum absolute atomic E-state index is 0. The molecular formula is C18H32IN5S. The van der Waals surface area contributed by atoms with E-state index >= 15 is 0 Å². The summed E-state index contributed by atoms with van der Waals surface area (Å²) in [4.78, 5) is 11.2. The third-order valence-electron chi connectivity index (χ3n) is 4.24. The lowest BCUT2D eigenvalue weighted by Crippen LogP contribution is -2.37. The second-order valence-electron chi connectivity index (χ2n) is 6.12. The number of nitrogens with one attached hydrogen (secondary N) is 2. The minimum atomic E-state index is 0. The smallest absolute Gasteiger partial charge is 0.191 e. The van der Waals surface area contributed by atoms with E-state index in [9.17, 15) is 0 Å². The lowest BCUT2D eigenvalue weighted by Gasteiger charge is -2.28. The average molecular weight is 477 g/mol. The molecule has 2 rings (SSSR count). The zero-order valence-corrected chi connectivity index (χ0v) is 18.6. The van der Waals surface area contributed by atoms with Crippen molar-refractivity contribution in [3.05, 3.63) is 23.9 Å². The van der Waals surface area contributed by atoms with Gasteiger partial charge in [0.25, 0.3) is 0 Å². The fourth-order valence-electron chi connectivity index (χ4n) is 2.85. The molecular weight excluding hydrogens is 445 g/mol. The number of aliphatic imine (C=N–C) groups is 1. The van der Waals surface area contributed by atoms with Crippen molar-refractivity contribution in [3.63, 3.8) is 0 Å². The van der Waals surface area contributed by atoms with Crippen LogP contribution in [0.3, 0.4) is 0 Å². The number of nitrogens with zero attached hydrogens (tertiary/aromatic N) is 3. The van der Waals surface area contributed by atoms with Crippen LogP contribution in [0.2, 0.25) is 0 Å². The molecule has 0 amide bonds. The first-order chi connectivity index (χ1) is 11.8. The van der Waals surface area contributed by atoms with Crippen LogP contribution in [-0.4, -0.2) is 49.6 Å². The normalized spacial score (nSPS) is 14.8. The Kier molecular flexibility index (Phi) is 12.1. The van der Waals surface area contributed by atoms with Gasteiger partial charge in [0.15, 0.2) is 5.96 Å². The van der Waals surface area contributed by atoms with Gasteiger partial charge in [0.2, 0.25) is 0 Å². The molecule has 0 spiro atoms. The van der Waals surface area contributed by atoms with Gasteiger partial charge in [-0.1, -0.05) is 0 Å². The predicted octanol–water partition coefficient (Wildman–Crippen LogP) is 3.50. The van der Waals surface area contributed by atoms with E-state index in [1.165, 1.54) is 43.4 Å². The zero-order valence-electron chi connectivity index (χ0n) is 15.5. The Labute approximate surface area is 173 Å². The van der Waals surface area contributed by atoms with Gasteiger partial charge in [0, 0.05) is 39.4 Å². The number of rotatable bonds is 8. The predicted molar refractivity (Wildman–Crippen MR) is 122 cm³/mol. The third kappa shape index (κ3) is 8.48. The first-order valence-corrected chi connectivity index (χ1v) is 10.4. The molecule has 142 valence electrons. The Bertz CT molecular complexity index is 506. The fourth-order valence-corrected chi connectivity index (χ4v) is 3.34. The molecule has 1 aliphatic heterocycles. The standard InChI is InChI=1S/C18H31N5S.HI/c1-19-18(21-9-4-7-13-24-2)22-15-16-8-10-20-17(14-16)23-11-5-3-6-12-23;/h8,10,14H,3-7,9,11-13,15H2,1-2H3,(H2,19,21,22);1H. The monoisotopic (exact) mass is 477 g/mol. The second kappa shape index (κ2) is 13.5. The van der Waals surface area contributed by atoms with Crippen LogP contribution >= 0.6 is 35.7 Å². The van der Waals surface area contributed by atoms with Crippen molar-refractivity contribution in [2.24, 2.45) is 4.99 Å². The third-order valence-corrected chi connectivity index (χ3v) is 4.94. The van der Waals surface area contributed by atoms with Crippen LogP contribution in [0.5, 0.6) is 0 Å². The SMILES string of the molecule is CN=C(NCCCCSC)NCc1ccnc(N2CCCCC2)c1.I. The molecule has 0 radical (unpaired) electrons. The molecule has 1 aromatic heterocycles. The van der Waals surface area contributed by atoms with Gasteiger partial charge in [-0.05, 0) is 61.8 Å². The molecule has 0 unspecified atom stereocenters. The molecule has 2 N–H and O–H groups in total. The topological polar surface area (TPSA) is 52.6 Å². The number of hydrogen-bond donors (Lipinski definition) is 2. The molecule has 1 saturated heterocycles. The molecule has 0 saturated carbocycles. The Morgan fingerprint density at radius 1 is 1.24 bits per heavy atom.